The first-order valence-corrected chi connectivity index (χ1v) is 4.40. The number of hydrogen-bond donors (Lipinski definition) is 2. The highest BCUT2D eigenvalue weighted by Gasteiger charge is 1.97. The number of likely N-dealkylation sites (N-methyl/N-ethyl adjacent to an activating group) is 1. The highest BCUT2D eigenvalue weighted by Crippen LogP contribution is 1.75. The molecule has 60 valence electrons. The van der Waals surface area contributed by atoms with Crippen molar-refractivity contribution >= 4 is 21.8 Å². The lowest BCUT2D eigenvalue weighted by Crippen LogP contribution is -3.06. The third kappa shape index (κ3) is 6.04. The van der Waals surface area contributed by atoms with Gasteiger partial charge in [-0.1, -0.05) is 15.9 Å². The lowest BCUT2D eigenvalue weighted by atomic mass is 10.5. The molecule has 0 aliphatic carbocycles. The number of rotatable bonds is 4. The van der Waals surface area contributed by atoms with Crippen LogP contribution in [0, 0.1) is 0 Å². The van der Waals surface area contributed by atoms with Gasteiger partial charge in [0.15, 0.2) is 0 Å². The van der Waals surface area contributed by atoms with Crippen molar-refractivity contribution in [3.8, 4) is 0 Å². The monoisotopic (exact) mass is 209 g/mol. The highest BCUT2D eigenvalue weighted by molar-refractivity contribution is 9.09. The maximum Gasteiger partial charge on any atom is 0.230 e. The summed E-state index contributed by atoms with van der Waals surface area (Å²) in [7, 11) is 4.11. The second kappa shape index (κ2) is 5.68. The van der Waals surface area contributed by atoms with E-state index in [4.69, 9.17) is 0 Å². The number of carbonyl (C=O) groups is 1. The fourth-order valence-electron chi connectivity index (χ4n) is 0.499. The van der Waals surface area contributed by atoms with E-state index in [0.717, 1.165) is 13.1 Å². The minimum atomic E-state index is 0.0567. The number of amides is 1. The van der Waals surface area contributed by atoms with Gasteiger partial charge >= 0.3 is 0 Å². The van der Waals surface area contributed by atoms with Crippen molar-refractivity contribution in [1.82, 2.24) is 5.32 Å². The van der Waals surface area contributed by atoms with Gasteiger partial charge in [-0.05, 0) is 0 Å². The van der Waals surface area contributed by atoms with E-state index in [2.05, 4.69) is 35.3 Å². The molecule has 0 aromatic rings. The third-order valence-corrected chi connectivity index (χ3v) is 1.58. The van der Waals surface area contributed by atoms with Crippen LogP contribution in [0.5, 0.6) is 0 Å². The fourth-order valence-corrected chi connectivity index (χ4v) is 0.697. The Morgan fingerprint density at radius 2 is 2.20 bits per heavy atom. The molecule has 10 heavy (non-hydrogen) atoms. The van der Waals surface area contributed by atoms with E-state index in [9.17, 15) is 4.79 Å². The lowest BCUT2D eigenvalue weighted by Gasteiger charge is -2.06. The minimum absolute atomic E-state index is 0.0567. The smallest absolute Gasteiger partial charge is 0.230 e. The molecule has 0 atom stereocenters. The molecule has 0 saturated carbocycles. The number of alkyl halides is 1. The van der Waals surface area contributed by atoms with Gasteiger partial charge in [0.1, 0.15) is 0 Å². The molecule has 0 aromatic carbocycles. The van der Waals surface area contributed by atoms with Crippen molar-refractivity contribution in [3.63, 3.8) is 0 Å². The average Bonchev–Trinajstić information content (AvgIpc) is 1.87. The minimum Gasteiger partial charge on any atom is -0.350 e. The summed E-state index contributed by atoms with van der Waals surface area (Å²) in [6.07, 6.45) is 0. The number of carbonyl (C=O) groups excluding carboxylic acids is 1. The molecular weight excluding hydrogens is 196 g/mol. The lowest BCUT2D eigenvalue weighted by molar-refractivity contribution is -0.856. The first-order valence-electron chi connectivity index (χ1n) is 3.28. The fraction of sp³-hybridized carbons (Fsp3) is 0.833. The van der Waals surface area contributed by atoms with E-state index in [1.807, 2.05) is 0 Å². The van der Waals surface area contributed by atoms with E-state index in [-0.39, 0.29) is 5.91 Å². The van der Waals surface area contributed by atoms with Crippen molar-refractivity contribution in [1.29, 1.82) is 0 Å². The van der Waals surface area contributed by atoms with Crippen LogP contribution in [0.2, 0.25) is 0 Å². The molecule has 2 N–H and O–H groups in total. The van der Waals surface area contributed by atoms with Gasteiger partial charge in [0.05, 0.1) is 32.5 Å². The maximum atomic E-state index is 10.6. The van der Waals surface area contributed by atoms with Crippen LogP contribution in [0.25, 0.3) is 0 Å². The van der Waals surface area contributed by atoms with E-state index in [0.29, 0.717) is 5.33 Å². The van der Waals surface area contributed by atoms with Crippen LogP contribution in [0.4, 0.5) is 0 Å². The maximum absolute atomic E-state index is 10.6. The first kappa shape index (κ1) is 9.91. The van der Waals surface area contributed by atoms with Crippen LogP contribution in [0.3, 0.4) is 0 Å². The normalized spacial score (nSPS) is 10.0. The Morgan fingerprint density at radius 3 is 2.60 bits per heavy atom. The predicted molar refractivity (Wildman–Crippen MR) is 44.5 cm³/mol. The molecule has 4 heteroatoms. The van der Waals surface area contributed by atoms with Crippen LogP contribution in [-0.2, 0) is 4.79 Å². The van der Waals surface area contributed by atoms with E-state index in [1.54, 1.807) is 0 Å². The molecule has 0 saturated heterocycles. The Bertz CT molecular complexity index is 106. The van der Waals surface area contributed by atoms with Crippen molar-refractivity contribution in [3.05, 3.63) is 0 Å². The van der Waals surface area contributed by atoms with Crippen molar-refractivity contribution in [2.24, 2.45) is 0 Å². The Kier molecular flexibility index (Phi) is 5.63. The predicted octanol–water partition coefficient (Wildman–Crippen LogP) is -1.36. The number of halogens is 1. The van der Waals surface area contributed by atoms with Crippen LogP contribution < -0.4 is 10.2 Å². The molecule has 0 heterocycles. The number of quaternary nitrogens is 1. The van der Waals surface area contributed by atoms with Gasteiger partial charge in [-0.2, -0.15) is 0 Å². The highest BCUT2D eigenvalue weighted by atomic mass is 79.9. The molecule has 0 aromatic heterocycles. The quantitative estimate of drug-likeness (QED) is 0.552. The number of hydrogen-bond acceptors (Lipinski definition) is 1. The molecule has 0 radical (unpaired) electrons. The van der Waals surface area contributed by atoms with Gasteiger partial charge in [-0.3, -0.25) is 4.79 Å². The Morgan fingerprint density at radius 1 is 1.60 bits per heavy atom. The summed E-state index contributed by atoms with van der Waals surface area (Å²) < 4.78 is 0. The molecule has 1 amide bonds. The molecular formula is C6H14BrN2O+. The van der Waals surface area contributed by atoms with Gasteiger partial charge in [0.2, 0.25) is 5.91 Å². The second-order valence-corrected chi connectivity index (χ2v) is 3.00. The van der Waals surface area contributed by atoms with Gasteiger partial charge in [-0.25, -0.2) is 0 Å². The summed E-state index contributed by atoms with van der Waals surface area (Å²) in [4.78, 5) is 12.0. The second-order valence-electron chi connectivity index (χ2n) is 2.44. The number of nitrogens with one attached hydrogen (secondary N) is 2. The van der Waals surface area contributed by atoms with Crippen LogP contribution in [-0.4, -0.2) is 38.4 Å². The zero-order chi connectivity index (χ0) is 7.98. The summed E-state index contributed by atoms with van der Waals surface area (Å²) in [6, 6.07) is 0. The zero-order valence-electron chi connectivity index (χ0n) is 6.41. The molecule has 0 aliphatic heterocycles. The summed E-state index contributed by atoms with van der Waals surface area (Å²) in [5, 5.41) is 3.16. The van der Waals surface area contributed by atoms with Gasteiger partial charge in [-0.15, -0.1) is 0 Å². The first-order chi connectivity index (χ1) is 4.66. The van der Waals surface area contributed by atoms with E-state index < -0.39 is 0 Å². The van der Waals surface area contributed by atoms with Crippen LogP contribution in [0.1, 0.15) is 0 Å². The van der Waals surface area contributed by atoms with Gasteiger partial charge < -0.3 is 10.2 Å². The zero-order valence-corrected chi connectivity index (χ0v) is 7.99. The summed E-state index contributed by atoms with van der Waals surface area (Å²) in [5.74, 6) is 0.0567. The summed E-state index contributed by atoms with van der Waals surface area (Å²) in [5.41, 5.74) is 0. The molecule has 0 unspecified atom stereocenters. The van der Waals surface area contributed by atoms with E-state index >= 15 is 0 Å². The largest absolute Gasteiger partial charge is 0.350 e. The summed E-state index contributed by atoms with van der Waals surface area (Å²) >= 11 is 3.06. The van der Waals surface area contributed by atoms with Crippen molar-refractivity contribution in [2.75, 3.05) is 32.5 Å². The van der Waals surface area contributed by atoms with Crippen LogP contribution in [0.15, 0.2) is 0 Å². The standard InChI is InChI=1S/C6H13BrN2O/c1-9(2)4-3-8-6(10)5-7/h3-5H2,1-2H3,(H,8,10)/p+1. The third-order valence-electron chi connectivity index (χ3n) is 1.07. The Hall–Kier alpha value is -0.0900. The van der Waals surface area contributed by atoms with Crippen molar-refractivity contribution in [2.45, 2.75) is 0 Å². The van der Waals surface area contributed by atoms with Gasteiger partial charge in [0.25, 0.3) is 0 Å². The van der Waals surface area contributed by atoms with Crippen molar-refractivity contribution < 1.29 is 9.69 Å². The summed E-state index contributed by atoms with van der Waals surface area (Å²) in [6.45, 7) is 1.73. The van der Waals surface area contributed by atoms with E-state index in [1.165, 1.54) is 4.90 Å². The Balaban J connectivity index is 3.12. The SMILES string of the molecule is C[NH+](C)CCNC(=O)CBr. The van der Waals surface area contributed by atoms with Crippen LogP contribution >= 0.6 is 15.9 Å². The average molecular weight is 210 g/mol. The molecule has 0 aliphatic rings. The molecule has 0 fully saturated rings. The Labute approximate surface area is 69.9 Å². The molecule has 0 spiro atoms. The van der Waals surface area contributed by atoms with Gasteiger partial charge in [0, 0.05) is 0 Å². The molecule has 0 rings (SSSR count). The molecule has 3 nitrogen and oxygen atoms in total. The molecule has 0 bridgehead atoms. The topological polar surface area (TPSA) is 33.5 Å².